The van der Waals surface area contributed by atoms with Crippen LogP contribution in [0.15, 0.2) is 48.5 Å². The van der Waals surface area contributed by atoms with E-state index in [0.29, 0.717) is 24.6 Å². The van der Waals surface area contributed by atoms with Gasteiger partial charge >= 0.3 is 0 Å². The van der Waals surface area contributed by atoms with Crippen molar-refractivity contribution >= 4 is 28.5 Å². The molecule has 144 valence electrons. The smallest absolute Gasteiger partial charge is 0.240 e. The summed E-state index contributed by atoms with van der Waals surface area (Å²) in [5.74, 6) is 1.24. The molecule has 0 atom stereocenters. The van der Waals surface area contributed by atoms with E-state index in [-0.39, 0.29) is 24.8 Å². The Morgan fingerprint density at radius 2 is 2.00 bits per heavy atom. The van der Waals surface area contributed by atoms with Crippen LogP contribution in [-0.4, -0.2) is 41.5 Å². The number of benzene rings is 2. The Bertz CT molecular complexity index is 965. The maximum Gasteiger partial charge on any atom is 0.240 e. The molecular formula is C21H22N4O3. The van der Waals surface area contributed by atoms with Crippen LogP contribution in [0.1, 0.15) is 18.7 Å². The van der Waals surface area contributed by atoms with E-state index < -0.39 is 0 Å². The van der Waals surface area contributed by atoms with Gasteiger partial charge in [0.1, 0.15) is 18.1 Å². The summed E-state index contributed by atoms with van der Waals surface area (Å²) in [6.45, 7) is 0.839. The number of amides is 2. The van der Waals surface area contributed by atoms with Crippen LogP contribution in [0.3, 0.4) is 0 Å². The van der Waals surface area contributed by atoms with Crippen molar-refractivity contribution in [3.63, 3.8) is 0 Å². The summed E-state index contributed by atoms with van der Waals surface area (Å²) in [4.78, 5) is 34.0. The molecule has 7 nitrogen and oxygen atoms in total. The second-order valence-electron chi connectivity index (χ2n) is 6.70. The molecule has 1 aromatic heterocycles. The highest BCUT2D eigenvalue weighted by Gasteiger charge is 2.24. The largest absolute Gasteiger partial charge is 0.491 e. The van der Waals surface area contributed by atoms with E-state index in [0.717, 1.165) is 29.7 Å². The van der Waals surface area contributed by atoms with Gasteiger partial charge in [-0.25, -0.2) is 4.98 Å². The molecule has 0 fully saturated rings. The van der Waals surface area contributed by atoms with Crippen molar-refractivity contribution in [1.82, 2.24) is 15.3 Å². The third-order valence-corrected chi connectivity index (χ3v) is 4.68. The van der Waals surface area contributed by atoms with Crippen LogP contribution in [0.4, 0.5) is 5.69 Å². The van der Waals surface area contributed by atoms with E-state index in [2.05, 4.69) is 15.3 Å². The highest BCUT2D eigenvalue weighted by atomic mass is 16.5. The van der Waals surface area contributed by atoms with Crippen LogP contribution in [0.5, 0.6) is 5.75 Å². The third-order valence-electron chi connectivity index (χ3n) is 4.68. The van der Waals surface area contributed by atoms with Crippen LogP contribution < -0.4 is 15.0 Å². The highest BCUT2D eigenvalue weighted by Crippen LogP contribution is 2.30. The maximum atomic E-state index is 12.4. The Morgan fingerprint density at radius 3 is 2.89 bits per heavy atom. The lowest BCUT2D eigenvalue weighted by Crippen LogP contribution is -2.40. The molecule has 2 amide bonds. The SMILES string of the molecule is O=C(CN1C(=O)CCOc2ccccc21)NCCCc1nc2ccccc2[nH]1. The van der Waals surface area contributed by atoms with Gasteiger partial charge in [-0.3, -0.25) is 14.5 Å². The molecule has 0 aliphatic carbocycles. The number of aromatic amines is 1. The molecule has 1 aliphatic heterocycles. The van der Waals surface area contributed by atoms with Gasteiger partial charge in [-0.1, -0.05) is 24.3 Å². The van der Waals surface area contributed by atoms with Gasteiger partial charge in [0, 0.05) is 13.0 Å². The standard InChI is InChI=1S/C21H22N4O3/c26-20(14-25-17-8-3-4-9-18(17)28-13-11-21(25)27)22-12-5-10-19-23-15-6-1-2-7-16(15)24-19/h1-4,6-9H,5,10-14H2,(H,22,26)(H,23,24). The summed E-state index contributed by atoms with van der Waals surface area (Å²) in [6.07, 6.45) is 1.77. The Labute approximate surface area is 162 Å². The first-order chi connectivity index (χ1) is 13.7. The molecule has 28 heavy (non-hydrogen) atoms. The minimum atomic E-state index is -0.186. The molecule has 0 bridgehead atoms. The molecule has 2 N–H and O–H groups in total. The zero-order chi connectivity index (χ0) is 19.3. The first kappa shape index (κ1) is 18.0. The molecule has 0 saturated carbocycles. The van der Waals surface area contributed by atoms with Gasteiger partial charge in [0.05, 0.1) is 29.7 Å². The van der Waals surface area contributed by atoms with Crippen molar-refractivity contribution in [1.29, 1.82) is 0 Å². The molecule has 1 aliphatic rings. The lowest BCUT2D eigenvalue weighted by Gasteiger charge is -2.21. The topological polar surface area (TPSA) is 87.3 Å². The van der Waals surface area contributed by atoms with E-state index in [1.807, 2.05) is 42.5 Å². The fourth-order valence-electron chi connectivity index (χ4n) is 3.30. The van der Waals surface area contributed by atoms with E-state index in [1.165, 1.54) is 4.90 Å². The minimum absolute atomic E-state index is 0.0101. The van der Waals surface area contributed by atoms with Crippen LogP contribution in [0.25, 0.3) is 11.0 Å². The van der Waals surface area contributed by atoms with Crippen LogP contribution >= 0.6 is 0 Å². The van der Waals surface area contributed by atoms with Gasteiger partial charge in [-0.15, -0.1) is 0 Å². The highest BCUT2D eigenvalue weighted by molar-refractivity contribution is 6.00. The molecular weight excluding hydrogens is 356 g/mol. The molecule has 3 aromatic rings. The number of hydrogen-bond acceptors (Lipinski definition) is 4. The number of aromatic nitrogens is 2. The zero-order valence-corrected chi connectivity index (χ0v) is 15.5. The molecule has 2 heterocycles. The minimum Gasteiger partial charge on any atom is -0.491 e. The number of nitrogens with zero attached hydrogens (tertiary/aromatic N) is 2. The fraction of sp³-hybridized carbons (Fsp3) is 0.286. The normalized spacial score (nSPS) is 13.7. The average Bonchev–Trinajstić information content (AvgIpc) is 3.06. The third kappa shape index (κ3) is 3.98. The quantitative estimate of drug-likeness (QED) is 0.645. The Morgan fingerprint density at radius 1 is 1.18 bits per heavy atom. The lowest BCUT2D eigenvalue weighted by molar-refractivity contribution is -0.123. The molecule has 7 heteroatoms. The number of rotatable bonds is 6. The number of fused-ring (bicyclic) bond motifs is 2. The number of ether oxygens (including phenoxy) is 1. The summed E-state index contributed by atoms with van der Waals surface area (Å²) in [5, 5.41) is 2.89. The molecule has 0 saturated heterocycles. The van der Waals surface area contributed by atoms with Gasteiger partial charge in [0.2, 0.25) is 11.8 Å². The number of carbonyl (C=O) groups is 2. The van der Waals surface area contributed by atoms with Crippen molar-refractivity contribution < 1.29 is 14.3 Å². The molecule has 4 rings (SSSR count). The van der Waals surface area contributed by atoms with Gasteiger partial charge in [0.15, 0.2) is 0 Å². The van der Waals surface area contributed by atoms with E-state index in [1.54, 1.807) is 6.07 Å². The van der Waals surface area contributed by atoms with E-state index in [4.69, 9.17) is 4.74 Å². The Balaban J connectivity index is 1.30. The van der Waals surface area contributed by atoms with Gasteiger partial charge < -0.3 is 15.0 Å². The maximum absolute atomic E-state index is 12.4. The summed E-state index contributed by atoms with van der Waals surface area (Å²) >= 11 is 0. The monoisotopic (exact) mass is 378 g/mol. The fourth-order valence-corrected chi connectivity index (χ4v) is 3.30. The second kappa shape index (κ2) is 8.12. The first-order valence-electron chi connectivity index (χ1n) is 9.43. The van der Waals surface area contributed by atoms with Crippen LogP contribution in [0.2, 0.25) is 0 Å². The summed E-state index contributed by atoms with van der Waals surface area (Å²) in [7, 11) is 0. The second-order valence-corrected chi connectivity index (χ2v) is 6.70. The number of hydrogen-bond donors (Lipinski definition) is 2. The van der Waals surface area contributed by atoms with Crippen LogP contribution in [-0.2, 0) is 16.0 Å². The van der Waals surface area contributed by atoms with Crippen LogP contribution in [0, 0.1) is 0 Å². The predicted octanol–water partition coefficient (Wildman–Crippen LogP) is 2.43. The molecule has 2 aromatic carbocycles. The Kier molecular flexibility index (Phi) is 5.23. The van der Waals surface area contributed by atoms with Gasteiger partial charge in [-0.2, -0.15) is 0 Å². The zero-order valence-electron chi connectivity index (χ0n) is 15.5. The lowest BCUT2D eigenvalue weighted by atomic mass is 10.2. The van der Waals surface area contributed by atoms with Crippen molar-refractivity contribution in [3.8, 4) is 5.75 Å². The number of para-hydroxylation sites is 4. The number of H-pyrrole nitrogens is 1. The number of carbonyl (C=O) groups excluding carboxylic acids is 2. The summed E-state index contributed by atoms with van der Waals surface area (Å²) in [5.41, 5.74) is 2.60. The number of anilines is 1. The molecule has 0 spiro atoms. The summed E-state index contributed by atoms with van der Waals surface area (Å²) in [6, 6.07) is 15.2. The Hall–Kier alpha value is -3.35. The van der Waals surface area contributed by atoms with Crippen molar-refractivity contribution in [3.05, 3.63) is 54.4 Å². The van der Waals surface area contributed by atoms with Crippen molar-refractivity contribution in [2.24, 2.45) is 0 Å². The van der Waals surface area contributed by atoms with E-state index in [9.17, 15) is 9.59 Å². The van der Waals surface area contributed by atoms with E-state index >= 15 is 0 Å². The molecule has 0 unspecified atom stereocenters. The van der Waals surface area contributed by atoms with Crippen molar-refractivity contribution in [2.45, 2.75) is 19.3 Å². The number of imidazole rings is 1. The number of aryl methyl sites for hydroxylation is 1. The molecule has 0 radical (unpaired) electrons. The number of nitrogens with one attached hydrogen (secondary N) is 2. The average molecular weight is 378 g/mol. The summed E-state index contributed by atoms with van der Waals surface area (Å²) < 4.78 is 5.60. The van der Waals surface area contributed by atoms with Crippen molar-refractivity contribution in [2.75, 3.05) is 24.6 Å². The predicted molar refractivity (Wildman–Crippen MR) is 106 cm³/mol. The first-order valence-corrected chi connectivity index (χ1v) is 9.43. The van der Waals surface area contributed by atoms with Gasteiger partial charge in [-0.05, 0) is 30.7 Å². The van der Waals surface area contributed by atoms with Gasteiger partial charge in [0.25, 0.3) is 0 Å².